The van der Waals surface area contributed by atoms with Gasteiger partial charge >= 0.3 is 11.9 Å². The van der Waals surface area contributed by atoms with E-state index in [1.54, 1.807) is 0 Å². The highest BCUT2D eigenvalue weighted by molar-refractivity contribution is 5.87. The van der Waals surface area contributed by atoms with Crippen molar-refractivity contribution in [2.45, 2.75) is 70.3 Å². The van der Waals surface area contributed by atoms with Gasteiger partial charge in [-0.05, 0) is 12.8 Å². The lowest BCUT2D eigenvalue weighted by Crippen LogP contribution is -2.28. The van der Waals surface area contributed by atoms with Crippen LogP contribution in [0.3, 0.4) is 0 Å². The molecule has 0 aromatic carbocycles. The minimum Gasteiger partial charge on any atom is -0.396 e. The number of unbranched alkanes of at least 4 members (excludes halogenated alkanes) is 8. The van der Waals surface area contributed by atoms with Crippen molar-refractivity contribution in [3.63, 3.8) is 0 Å². The molecular formula is C15H28O6. The molecule has 0 heterocycles. The molecule has 0 aromatic heterocycles. The molecule has 21 heavy (non-hydrogen) atoms. The van der Waals surface area contributed by atoms with E-state index in [9.17, 15) is 9.59 Å². The summed E-state index contributed by atoms with van der Waals surface area (Å²) in [5, 5.41) is 26.1. The molecule has 1 unspecified atom stereocenters. The minimum absolute atomic E-state index is 0.153. The van der Waals surface area contributed by atoms with Gasteiger partial charge in [-0.25, -0.2) is 4.79 Å². The van der Waals surface area contributed by atoms with E-state index in [0.717, 1.165) is 44.9 Å². The van der Waals surface area contributed by atoms with E-state index < -0.39 is 24.6 Å². The topological polar surface area (TPSA) is 104 Å². The van der Waals surface area contributed by atoms with Gasteiger partial charge in [0.15, 0.2) is 6.10 Å². The molecule has 0 spiro atoms. The van der Waals surface area contributed by atoms with E-state index >= 15 is 0 Å². The zero-order chi connectivity index (χ0) is 15.9. The van der Waals surface area contributed by atoms with E-state index in [4.69, 9.17) is 15.3 Å². The number of ether oxygens (including phenoxy) is 1. The maximum atomic E-state index is 11.3. The first-order valence-electron chi connectivity index (χ1n) is 7.76. The summed E-state index contributed by atoms with van der Waals surface area (Å²) in [4.78, 5) is 22.3. The Balaban J connectivity index is 3.34. The molecule has 1 atom stereocenters. The summed E-state index contributed by atoms with van der Waals surface area (Å²) in [5.41, 5.74) is 0. The molecule has 0 radical (unpaired) electrons. The quantitative estimate of drug-likeness (QED) is 0.269. The zero-order valence-corrected chi connectivity index (χ0v) is 12.6. The summed E-state index contributed by atoms with van der Waals surface area (Å²) >= 11 is 0. The van der Waals surface area contributed by atoms with Crippen LogP contribution in [0.1, 0.15) is 64.2 Å². The summed E-state index contributed by atoms with van der Waals surface area (Å²) in [6.07, 6.45) is 7.70. The fourth-order valence-corrected chi connectivity index (χ4v) is 1.92. The molecule has 0 aliphatic heterocycles. The Bertz CT molecular complexity index is 279. The Labute approximate surface area is 126 Å². The molecule has 0 aliphatic rings. The maximum absolute atomic E-state index is 11.3. The number of carbonyl (C=O) groups excluding carboxylic acids is 2. The number of hydrogen-bond acceptors (Lipinski definition) is 6. The van der Waals surface area contributed by atoms with E-state index in [1.165, 1.54) is 6.42 Å². The Morgan fingerprint density at radius 3 is 1.76 bits per heavy atom. The molecule has 0 rings (SSSR count). The summed E-state index contributed by atoms with van der Waals surface area (Å²) in [5.74, 6) is -1.75. The molecule has 0 aromatic rings. The van der Waals surface area contributed by atoms with Crippen molar-refractivity contribution >= 4 is 11.9 Å². The van der Waals surface area contributed by atoms with Gasteiger partial charge in [-0.2, -0.15) is 0 Å². The molecule has 6 heteroatoms. The van der Waals surface area contributed by atoms with Gasteiger partial charge in [-0.1, -0.05) is 44.9 Å². The number of aliphatic hydroxyl groups is 3. The third-order valence-corrected chi connectivity index (χ3v) is 3.20. The lowest BCUT2D eigenvalue weighted by atomic mass is 10.1. The van der Waals surface area contributed by atoms with Crippen LogP contribution in [0.15, 0.2) is 0 Å². The normalized spacial score (nSPS) is 12.1. The largest absolute Gasteiger partial charge is 0.396 e. The van der Waals surface area contributed by atoms with Gasteiger partial charge in [-0.3, -0.25) is 4.79 Å². The second-order valence-electron chi connectivity index (χ2n) is 5.15. The van der Waals surface area contributed by atoms with E-state index in [-0.39, 0.29) is 13.0 Å². The lowest BCUT2D eigenvalue weighted by Gasteiger charge is -2.06. The number of esters is 2. The monoisotopic (exact) mass is 304 g/mol. The molecule has 0 aliphatic carbocycles. The molecular weight excluding hydrogens is 276 g/mol. The number of hydrogen-bond donors (Lipinski definition) is 3. The molecule has 124 valence electrons. The van der Waals surface area contributed by atoms with Gasteiger partial charge in [0.2, 0.25) is 0 Å². The highest BCUT2D eigenvalue weighted by Gasteiger charge is 2.18. The summed E-state index contributed by atoms with van der Waals surface area (Å²) in [7, 11) is 0. The molecule has 0 bridgehead atoms. The van der Waals surface area contributed by atoms with Gasteiger partial charge < -0.3 is 20.1 Å². The maximum Gasteiger partial charge on any atom is 0.345 e. The highest BCUT2D eigenvalue weighted by Crippen LogP contribution is 2.10. The van der Waals surface area contributed by atoms with Crippen LogP contribution in [0.25, 0.3) is 0 Å². The van der Waals surface area contributed by atoms with Crippen LogP contribution in [-0.2, 0) is 14.3 Å². The zero-order valence-electron chi connectivity index (χ0n) is 12.6. The summed E-state index contributed by atoms with van der Waals surface area (Å²) in [6, 6.07) is 0. The van der Waals surface area contributed by atoms with Crippen LogP contribution >= 0.6 is 0 Å². The second kappa shape index (κ2) is 14.0. The predicted octanol–water partition coefficient (Wildman–Crippen LogP) is 1.30. The van der Waals surface area contributed by atoms with E-state index in [0.29, 0.717) is 6.42 Å². The van der Waals surface area contributed by atoms with Crippen molar-refractivity contribution in [3.8, 4) is 0 Å². The van der Waals surface area contributed by atoms with Crippen molar-refractivity contribution in [3.05, 3.63) is 0 Å². The first-order chi connectivity index (χ1) is 10.1. The fourth-order valence-electron chi connectivity index (χ4n) is 1.92. The minimum atomic E-state index is -1.64. The Morgan fingerprint density at radius 2 is 1.29 bits per heavy atom. The SMILES string of the molecule is O=C(CCCCCCCCCCCO)OC(=O)C(O)CO. The molecule has 0 saturated heterocycles. The predicted molar refractivity (Wildman–Crippen MR) is 77.4 cm³/mol. The van der Waals surface area contributed by atoms with Crippen LogP contribution in [-0.4, -0.2) is 46.6 Å². The van der Waals surface area contributed by atoms with Crippen LogP contribution < -0.4 is 0 Å². The molecule has 0 saturated carbocycles. The first-order valence-corrected chi connectivity index (χ1v) is 7.76. The number of rotatable bonds is 13. The van der Waals surface area contributed by atoms with Gasteiger partial charge in [0.1, 0.15) is 0 Å². The third kappa shape index (κ3) is 12.5. The molecule has 6 nitrogen and oxygen atoms in total. The van der Waals surface area contributed by atoms with Crippen LogP contribution in [0.5, 0.6) is 0 Å². The summed E-state index contributed by atoms with van der Waals surface area (Å²) in [6.45, 7) is -0.474. The van der Waals surface area contributed by atoms with Crippen molar-refractivity contribution in [2.24, 2.45) is 0 Å². The van der Waals surface area contributed by atoms with Gasteiger partial charge in [0.25, 0.3) is 0 Å². The Hall–Kier alpha value is -0.980. The second-order valence-corrected chi connectivity index (χ2v) is 5.15. The average Bonchev–Trinajstić information content (AvgIpc) is 2.48. The number of carbonyl (C=O) groups is 2. The van der Waals surface area contributed by atoms with Crippen molar-refractivity contribution in [1.29, 1.82) is 0 Å². The van der Waals surface area contributed by atoms with Gasteiger partial charge in [0.05, 0.1) is 6.61 Å². The average molecular weight is 304 g/mol. The smallest absolute Gasteiger partial charge is 0.345 e. The Kier molecular flexibility index (Phi) is 13.3. The molecule has 3 N–H and O–H groups in total. The van der Waals surface area contributed by atoms with E-state index in [1.807, 2.05) is 0 Å². The lowest BCUT2D eigenvalue weighted by molar-refractivity contribution is -0.167. The van der Waals surface area contributed by atoms with Gasteiger partial charge in [-0.15, -0.1) is 0 Å². The third-order valence-electron chi connectivity index (χ3n) is 3.20. The molecule has 0 amide bonds. The van der Waals surface area contributed by atoms with Crippen LogP contribution in [0.2, 0.25) is 0 Å². The van der Waals surface area contributed by atoms with Crippen LogP contribution in [0, 0.1) is 0 Å². The summed E-state index contributed by atoms with van der Waals surface area (Å²) < 4.78 is 4.38. The highest BCUT2D eigenvalue weighted by atomic mass is 16.6. The van der Waals surface area contributed by atoms with Crippen molar-refractivity contribution < 1.29 is 29.6 Å². The first kappa shape index (κ1) is 20.0. The fraction of sp³-hybridized carbons (Fsp3) is 0.867. The van der Waals surface area contributed by atoms with Crippen LogP contribution in [0.4, 0.5) is 0 Å². The van der Waals surface area contributed by atoms with Gasteiger partial charge in [0, 0.05) is 13.0 Å². The standard InChI is InChI=1S/C15H28O6/c16-11-9-7-5-3-1-2-4-6-8-10-14(19)21-15(20)13(18)12-17/h13,16-18H,1-12H2. The molecule has 0 fully saturated rings. The van der Waals surface area contributed by atoms with Crippen molar-refractivity contribution in [1.82, 2.24) is 0 Å². The van der Waals surface area contributed by atoms with E-state index in [2.05, 4.69) is 4.74 Å². The number of aliphatic hydroxyl groups excluding tert-OH is 3. The Morgan fingerprint density at radius 1 is 0.810 bits per heavy atom. The van der Waals surface area contributed by atoms with Crippen molar-refractivity contribution in [2.75, 3.05) is 13.2 Å².